The molecule has 0 aromatic heterocycles. The second kappa shape index (κ2) is 5.11. The number of piperidine rings is 1. The van der Waals surface area contributed by atoms with Crippen molar-refractivity contribution >= 4 is 15.7 Å². The average molecular weight is 284 g/mol. The minimum Gasteiger partial charge on any atom is -0.399 e. The maximum Gasteiger partial charge on any atom is 0.243 e. The molecule has 1 aromatic rings. The van der Waals surface area contributed by atoms with Crippen LogP contribution in [0.3, 0.4) is 0 Å². The summed E-state index contributed by atoms with van der Waals surface area (Å²) in [6.07, 6.45) is 0.0625. The van der Waals surface area contributed by atoms with E-state index in [0.717, 1.165) is 5.56 Å². The summed E-state index contributed by atoms with van der Waals surface area (Å²) in [5.41, 5.74) is 6.95. The molecule has 0 spiro atoms. The summed E-state index contributed by atoms with van der Waals surface area (Å²) in [7, 11) is -3.57. The van der Waals surface area contributed by atoms with Crippen LogP contribution in [0.15, 0.2) is 23.1 Å². The second-order valence-corrected chi connectivity index (χ2v) is 7.21. The molecule has 0 saturated carbocycles. The number of aliphatic hydroxyl groups is 1. The number of aryl methyl sites for hydroxylation is 1. The van der Waals surface area contributed by atoms with Gasteiger partial charge < -0.3 is 10.8 Å². The van der Waals surface area contributed by atoms with Gasteiger partial charge >= 0.3 is 0 Å². The number of sulfonamides is 1. The van der Waals surface area contributed by atoms with Crippen molar-refractivity contribution < 1.29 is 13.5 Å². The van der Waals surface area contributed by atoms with E-state index in [1.807, 2.05) is 13.8 Å². The highest BCUT2D eigenvalue weighted by molar-refractivity contribution is 7.89. The van der Waals surface area contributed by atoms with E-state index in [9.17, 15) is 13.5 Å². The largest absolute Gasteiger partial charge is 0.399 e. The maximum atomic E-state index is 12.5. The highest BCUT2D eigenvalue weighted by Crippen LogP contribution is 2.25. The van der Waals surface area contributed by atoms with Gasteiger partial charge in [-0.15, -0.1) is 0 Å². The van der Waals surface area contributed by atoms with E-state index in [-0.39, 0.29) is 17.4 Å². The first kappa shape index (κ1) is 14.3. The minimum absolute atomic E-state index is 0.133. The van der Waals surface area contributed by atoms with Crippen molar-refractivity contribution in [2.24, 2.45) is 5.92 Å². The first-order valence-corrected chi connectivity index (χ1v) is 7.80. The number of nitrogens with two attached hydrogens (primary N) is 1. The van der Waals surface area contributed by atoms with Crippen molar-refractivity contribution in [3.8, 4) is 0 Å². The lowest BCUT2D eigenvalue weighted by Gasteiger charge is -2.33. The fraction of sp³-hybridized carbons (Fsp3) is 0.538. The van der Waals surface area contributed by atoms with Crippen LogP contribution in [-0.2, 0) is 10.0 Å². The molecule has 0 radical (unpaired) electrons. The van der Waals surface area contributed by atoms with Gasteiger partial charge in [-0.25, -0.2) is 8.42 Å². The molecule has 1 saturated heterocycles. The summed E-state index contributed by atoms with van der Waals surface area (Å²) in [4.78, 5) is 0.201. The second-order valence-electron chi connectivity index (χ2n) is 5.28. The molecule has 0 amide bonds. The van der Waals surface area contributed by atoms with Gasteiger partial charge in [-0.2, -0.15) is 4.31 Å². The Hall–Kier alpha value is -1.11. The SMILES string of the molecule is Cc1cc(N)cc(S(=O)(=O)N2CCC(C)C(O)C2)c1. The summed E-state index contributed by atoms with van der Waals surface area (Å²) in [6.45, 7) is 4.33. The molecule has 6 heteroatoms. The standard InChI is InChI=1S/C13H20N2O3S/c1-9-5-11(14)7-12(6-9)19(17,18)15-4-3-10(2)13(16)8-15/h5-7,10,13,16H,3-4,8,14H2,1-2H3. The number of hydrogen-bond acceptors (Lipinski definition) is 4. The molecule has 2 unspecified atom stereocenters. The summed E-state index contributed by atoms with van der Waals surface area (Å²) in [6, 6.07) is 4.80. The molecule has 2 atom stereocenters. The van der Waals surface area contributed by atoms with Crippen LogP contribution in [0, 0.1) is 12.8 Å². The van der Waals surface area contributed by atoms with Crippen LogP contribution >= 0.6 is 0 Å². The first-order valence-electron chi connectivity index (χ1n) is 6.36. The Balaban J connectivity index is 2.32. The van der Waals surface area contributed by atoms with Gasteiger partial charge in [-0.1, -0.05) is 6.92 Å². The van der Waals surface area contributed by atoms with Crippen LogP contribution in [0.4, 0.5) is 5.69 Å². The monoisotopic (exact) mass is 284 g/mol. The van der Waals surface area contributed by atoms with Crippen molar-refractivity contribution in [2.45, 2.75) is 31.3 Å². The molecule has 1 heterocycles. The lowest BCUT2D eigenvalue weighted by molar-refractivity contribution is 0.0605. The van der Waals surface area contributed by atoms with Crippen molar-refractivity contribution in [2.75, 3.05) is 18.8 Å². The van der Waals surface area contributed by atoms with Gasteiger partial charge in [0.15, 0.2) is 0 Å². The van der Waals surface area contributed by atoms with E-state index in [0.29, 0.717) is 18.7 Å². The minimum atomic E-state index is -3.57. The summed E-state index contributed by atoms with van der Waals surface area (Å²) >= 11 is 0. The van der Waals surface area contributed by atoms with E-state index in [2.05, 4.69) is 0 Å². The molecular weight excluding hydrogens is 264 g/mol. The molecule has 1 aliphatic rings. The zero-order chi connectivity index (χ0) is 14.2. The summed E-state index contributed by atoms with van der Waals surface area (Å²) in [5, 5.41) is 9.84. The zero-order valence-electron chi connectivity index (χ0n) is 11.2. The fourth-order valence-corrected chi connectivity index (χ4v) is 3.93. The summed E-state index contributed by atoms with van der Waals surface area (Å²) < 4.78 is 26.3. The Labute approximate surface area is 114 Å². The third kappa shape index (κ3) is 2.91. The van der Waals surface area contributed by atoms with Gasteiger partial charge in [0.05, 0.1) is 11.0 Å². The van der Waals surface area contributed by atoms with Crippen LogP contribution in [-0.4, -0.2) is 37.0 Å². The number of aliphatic hydroxyl groups excluding tert-OH is 1. The number of rotatable bonds is 2. The van der Waals surface area contributed by atoms with Gasteiger partial charge in [0, 0.05) is 18.8 Å². The van der Waals surface area contributed by atoms with Crippen molar-refractivity contribution in [1.82, 2.24) is 4.31 Å². The van der Waals surface area contributed by atoms with Crippen LogP contribution < -0.4 is 5.73 Å². The average Bonchev–Trinajstić information content (AvgIpc) is 2.31. The van der Waals surface area contributed by atoms with Crippen LogP contribution in [0.25, 0.3) is 0 Å². The maximum absolute atomic E-state index is 12.5. The molecular formula is C13H20N2O3S. The molecule has 3 N–H and O–H groups in total. The lowest BCUT2D eigenvalue weighted by atomic mass is 9.98. The molecule has 1 aromatic carbocycles. The van der Waals surface area contributed by atoms with Gasteiger partial charge in [0.1, 0.15) is 0 Å². The van der Waals surface area contributed by atoms with E-state index < -0.39 is 16.1 Å². The Bertz CT molecular complexity index is 551. The smallest absolute Gasteiger partial charge is 0.243 e. The van der Waals surface area contributed by atoms with E-state index in [4.69, 9.17) is 5.73 Å². The highest BCUT2D eigenvalue weighted by atomic mass is 32.2. The van der Waals surface area contributed by atoms with E-state index in [1.165, 1.54) is 10.4 Å². The summed E-state index contributed by atoms with van der Waals surface area (Å²) in [5.74, 6) is 0.133. The number of benzene rings is 1. The topological polar surface area (TPSA) is 83.6 Å². The quantitative estimate of drug-likeness (QED) is 0.793. The number of anilines is 1. The zero-order valence-corrected chi connectivity index (χ0v) is 12.0. The Morgan fingerprint density at radius 1 is 1.37 bits per heavy atom. The molecule has 2 rings (SSSR count). The van der Waals surface area contributed by atoms with Gasteiger partial charge in [-0.05, 0) is 43.0 Å². The van der Waals surface area contributed by atoms with Crippen LogP contribution in [0.1, 0.15) is 18.9 Å². The van der Waals surface area contributed by atoms with Crippen molar-refractivity contribution in [1.29, 1.82) is 0 Å². The molecule has 1 fully saturated rings. The van der Waals surface area contributed by atoms with Crippen molar-refractivity contribution in [3.63, 3.8) is 0 Å². The molecule has 0 bridgehead atoms. The molecule has 106 valence electrons. The number of hydrogen-bond donors (Lipinski definition) is 2. The Morgan fingerprint density at radius 2 is 2.05 bits per heavy atom. The molecule has 5 nitrogen and oxygen atoms in total. The van der Waals surface area contributed by atoms with Crippen LogP contribution in [0.2, 0.25) is 0 Å². The van der Waals surface area contributed by atoms with E-state index in [1.54, 1.807) is 12.1 Å². The Kier molecular flexibility index (Phi) is 3.85. The molecule has 0 aliphatic carbocycles. The van der Waals surface area contributed by atoms with Gasteiger partial charge in [0.25, 0.3) is 0 Å². The number of nitrogens with zero attached hydrogens (tertiary/aromatic N) is 1. The van der Waals surface area contributed by atoms with Gasteiger partial charge in [-0.3, -0.25) is 0 Å². The number of β-amino-alcohol motifs (C(OH)–C–C–N with tert-alkyl or cyclic N) is 1. The Morgan fingerprint density at radius 3 is 2.63 bits per heavy atom. The molecule has 19 heavy (non-hydrogen) atoms. The third-order valence-corrected chi connectivity index (χ3v) is 5.44. The molecule has 1 aliphatic heterocycles. The third-order valence-electron chi connectivity index (χ3n) is 3.59. The van der Waals surface area contributed by atoms with E-state index >= 15 is 0 Å². The number of nitrogen functional groups attached to an aromatic ring is 1. The van der Waals surface area contributed by atoms with Crippen molar-refractivity contribution in [3.05, 3.63) is 23.8 Å². The predicted molar refractivity (Wildman–Crippen MR) is 74.1 cm³/mol. The highest BCUT2D eigenvalue weighted by Gasteiger charge is 2.32. The first-order chi connectivity index (χ1) is 8.80. The fourth-order valence-electron chi connectivity index (χ4n) is 2.31. The predicted octanol–water partition coefficient (Wildman–Crippen LogP) is 0.969. The van der Waals surface area contributed by atoms with Gasteiger partial charge in [0.2, 0.25) is 10.0 Å². The van der Waals surface area contributed by atoms with Crippen LogP contribution in [0.5, 0.6) is 0 Å². The normalized spacial score (nSPS) is 25.4. The lowest BCUT2D eigenvalue weighted by Crippen LogP contribution is -2.45.